The van der Waals surface area contributed by atoms with Crippen LogP contribution in [0.15, 0.2) is 30.6 Å². The largest absolute Gasteiger partial charge is 0.368 e. The zero-order valence-corrected chi connectivity index (χ0v) is 19.6. The van der Waals surface area contributed by atoms with E-state index in [1.54, 1.807) is 6.92 Å². The zero-order chi connectivity index (χ0) is 23.2. The Balaban J connectivity index is 1.37. The zero-order valence-electron chi connectivity index (χ0n) is 19.6. The summed E-state index contributed by atoms with van der Waals surface area (Å²) in [6.07, 6.45) is 6.90. The molecule has 1 fully saturated rings. The van der Waals surface area contributed by atoms with E-state index in [0.717, 1.165) is 59.2 Å². The van der Waals surface area contributed by atoms with Crippen LogP contribution in [0, 0.1) is 6.92 Å². The maximum absolute atomic E-state index is 13.3. The van der Waals surface area contributed by atoms with Crippen LogP contribution in [0.3, 0.4) is 0 Å². The Hall–Kier alpha value is -3.06. The third-order valence-electron chi connectivity index (χ3n) is 7.14. The van der Waals surface area contributed by atoms with Crippen LogP contribution >= 0.6 is 0 Å². The lowest BCUT2D eigenvalue weighted by molar-refractivity contribution is -0.141. The van der Waals surface area contributed by atoms with Gasteiger partial charge in [-0.1, -0.05) is 25.1 Å². The van der Waals surface area contributed by atoms with Crippen molar-refractivity contribution in [1.29, 1.82) is 0 Å². The molecule has 2 aliphatic rings. The van der Waals surface area contributed by atoms with E-state index in [1.165, 1.54) is 0 Å². The molecule has 4 heterocycles. The standard InChI is InChI=1S/C26H30N4O3/c1-4-19-6-5-7-21-22(17(2)31)15-30(24(19)21)16-23(32)29-11-9-26(10-12-29)25-20(8-13-33-26)14-27-18(3)28-25/h5-7,14-15H,4,8-13,16H2,1-3H3. The summed E-state index contributed by atoms with van der Waals surface area (Å²) in [5.74, 6) is 0.840. The van der Waals surface area contributed by atoms with Gasteiger partial charge in [-0.15, -0.1) is 0 Å². The lowest BCUT2D eigenvalue weighted by atomic mass is 9.83. The van der Waals surface area contributed by atoms with Gasteiger partial charge in [0, 0.05) is 36.4 Å². The lowest BCUT2D eigenvalue weighted by Gasteiger charge is -2.44. The number of hydrogen-bond donors (Lipinski definition) is 0. The molecular formula is C26H30N4O3. The number of aromatic nitrogens is 3. The Morgan fingerprint density at radius 1 is 1.21 bits per heavy atom. The molecule has 5 rings (SSSR count). The van der Waals surface area contributed by atoms with Crippen molar-refractivity contribution >= 4 is 22.6 Å². The van der Waals surface area contributed by atoms with Gasteiger partial charge in [0.05, 0.1) is 17.8 Å². The minimum atomic E-state index is -0.421. The molecule has 0 bridgehead atoms. The molecule has 33 heavy (non-hydrogen) atoms. The van der Waals surface area contributed by atoms with Crippen LogP contribution in [0.5, 0.6) is 0 Å². The minimum absolute atomic E-state index is 0.0183. The van der Waals surface area contributed by atoms with E-state index in [1.807, 2.05) is 40.9 Å². The number of para-hydroxylation sites is 1. The van der Waals surface area contributed by atoms with Gasteiger partial charge in [0.1, 0.15) is 18.0 Å². The molecule has 2 aromatic heterocycles. The molecule has 1 amide bonds. The number of carbonyl (C=O) groups excluding carboxylic acids is 2. The number of fused-ring (bicyclic) bond motifs is 3. The van der Waals surface area contributed by atoms with Crippen LogP contribution in [0.2, 0.25) is 0 Å². The second-order valence-electron chi connectivity index (χ2n) is 9.16. The number of amides is 1. The summed E-state index contributed by atoms with van der Waals surface area (Å²) in [7, 11) is 0. The molecule has 1 aromatic carbocycles. The number of ketones is 1. The summed E-state index contributed by atoms with van der Waals surface area (Å²) in [6.45, 7) is 7.72. The summed E-state index contributed by atoms with van der Waals surface area (Å²) < 4.78 is 8.24. The highest BCUT2D eigenvalue weighted by Crippen LogP contribution is 2.40. The number of aryl methyl sites for hydroxylation is 2. The number of rotatable bonds is 4. The summed E-state index contributed by atoms with van der Waals surface area (Å²) in [4.78, 5) is 36.5. The number of hydrogen-bond acceptors (Lipinski definition) is 5. The fourth-order valence-corrected chi connectivity index (χ4v) is 5.37. The first-order chi connectivity index (χ1) is 15.9. The molecule has 3 aromatic rings. The summed E-state index contributed by atoms with van der Waals surface area (Å²) in [5.41, 5.74) is 4.55. The van der Waals surface area contributed by atoms with E-state index in [4.69, 9.17) is 9.72 Å². The second-order valence-corrected chi connectivity index (χ2v) is 9.16. The average Bonchev–Trinajstić information content (AvgIpc) is 3.19. The molecule has 172 valence electrons. The Morgan fingerprint density at radius 2 is 2.00 bits per heavy atom. The van der Waals surface area contributed by atoms with Crippen molar-refractivity contribution in [3.05, 3.63) is 58.8 Å². The number of piperidine rings is 1. The van der Waals surface area contributed by atoms with E-state index < -0.39 is 5.60 Å². The van der Waals surface area contributed by atoms with Gasteiger partial charge in [0.2, 0.25) is 5.91 Å². The Kier molecular flexibility index (Phi) is 5.52. The van der Waals surface area contributed by atoms with E-state index >= 15 is 0 Å². The van der Waals surface area contributed by atoms with E-state index in [-0.39, 0.29) is 18.2 Å². The molecule has 2 aliphatic heterocycles. The van der Waals surface area contributed by atoms with Crippen molar-refractivity contribution < 1.29 is 14.3 Å². The van der Waals surface area contributed by atoms with Gasteiger partial charge in [0.15, 0.2) is 5.78 Å². The molecule has 0 unspecified atom stereocenters. The highest BCUT2D eigenvalue weighted by molar-refractivity contribution is 6.07. The van der Waals surface area contributed by atoms with Crippen LogP contribution in [0.1, 0.15) is 59.7 Å². The number of carbonyl (C=O) groups is 2. The molecule has 0 aliphatic carbocycles. The maximum atomic E-state index is 13.3. The smallest absolute Gasteiger partial charge is 0.242 e. The van der Waals surface area contributed by atoms with Crippen LogP contribution < -0.4 is 0 Å². The molecule has 7 nitrogen and oxygen atoms in total. The van der Waals surface area contributed by atoms with Crippen molar-refractivity contribution in [3.63, 3.8) is 0 Å². The first-order valence-electron chi connectivity index (χ1n) is 11.8. The topological polar surface area (TPSA) is 77.3 Å². The number of nitrogens with zero attached hydrogens (tertiary/aromatic N) is 4. The van der Waals surface area contributed by atoms with Gasteiger partial charge in [-0.2, -0.15) is 0 Å². The van der Waals surface area contributed by atoms with Gasteiger partial charge < -0.3 is 14.2 Å². The highest BCUT2D eigenvalue weighted by Gasteiger charge is 2.43. The molecule has 1 spiro atoms. The first kappa shape index (κ1) is 21.8. The third-order valence-corrected chi connectivity index (χ3v) is 7.14. The normalized spacial score (nSPS) is 17.4. The Bertz CT molecular complexity index is 1240. The van der Waals surface area contributed by atoms with Crippen LogP contribution in [-0.4, -0.2) is 50.8 Å². The van der Waals surface area contributed by atoms with E-state index in [9.17, 15) is 9.59 Å². The van der Waals surface area contributed by atoms with Crippen molar-refractivity contribution in [2.45, 2.75) is 58.6 Å². The van der Waals surface area contributed by atoms with Crippen molar-refractivity contribution in [2.24, 2.45) is 0 Å². The number of likely N-dealkylation sites (tertiary alicyclic amines) is 1. The molecule has 1 saturated heterocycles. The second kappa shape index (κ2) is 8.37. The molecule has 7 heteroatoms. The van der Waals surface area contributed by atoms with E-state index in [2.05, 4.69) is 18.0 Å². The lowest BCUT2D eigenvalue weighted by Crippen LogP contribution is -2.49. The number of benzene rings is 1. The fourth-order valence-electron chi connectivity index (χ4n) is 5.37. The first-order valence-corrected chi connectivity index (χ1v) is 11.8. The van der Waals surface area contributed by atoms with Gasteiger partial charge in [-0.25, -0.2) is 9.97 Å². The van der Waals surface area contributed by atoms with Crippen LogP contribution in [0.4, 0.5) is 0 Å². The van der Waals surface area contributed by atoms with E-state index in [0.29, 0.717) is 25.3 Å². The predicted molar refractivity (Wildman–Crippen MR) is 125 cm³/mol. The third kappa shape index (κ3) is 3.74. The van der Waals surface area contributed by atoms with Gasteiger partial charge in [-0.3, -0.25) is 9.59 Å². The van der Waals surface area contributed by atoms with Gasteiger partial charge in [0.25, 0.3) is 0 Å². The highest BCUT2D eigenvalue weighted by atomic mass is 16.5. The summed E-state index contributed by atoms with van der Waals surface area (Å²) in [6, 6.07) is 6.02. The van der Waals surface area contributed by atoms with Crippen LogP contribution in [0.25, 0.3) is 10.9 Å². The number of ether oxygens (including phenoxy) is 1. The quantitative estimate of drug-likeness (QED) is 0.573. The van der Waals surface area contributed by atoms with Gasteiger partial charge >= 0.3 is 0 Å². The van der Waals surface area contributed by atoms with Crippen molar-refractivity contribution in [3.8, 4) is 0 Å². The summed E-state index contributed by atoms with van der Waals surface area (Å²) >= 11 is 0. The molecule has 0 radical (unpaired) electrons. The minimum Gasteiger partial charge on any atom is -0.368 e. The van der Waals surface area contributed by atoms with Crippen LogP contribution in [-0.2, 0) is 34.5 Å². The van der Waals surface area contributed by atoms with Crippen molar-refractivity contribution in [2.75, 3.05) is 19.7 Å². The molecule has 0 atom stereocenters. The molecule has 0 saturated carbocycles. The van der Waals surface area contributed by atoms with Gasteiger partial charge in [-0.05, 0) is 50.7 Å². The fraction of sp³-hybridized carbons (Fsp3) is 0.462. The summed E-state index contributed by atoms with van der Waals surface area (Å²) in [5, 5.41) is 0.925. The maximum Gasteiger partial charge on any atom is 0.242 e. The average molecular weight is 447 g/mol. The predicted octanol–water partition coefficient (Wildman–Crippen LogP) is 3.60. The van der Waals surface area contributed by atoms with Crippen molar-refractivity contribution in [1.82, 2.24) is 19.4 Å². The SMILES string of the molecule is CCc1cccc2c(C(C)=O)cn(CC(=O)N3CCC4(CC3)OCCc3cnc(C)nc34)c12. The Morgan fingerprint density at radius 3 is 2.73 bits per heavy atom. The Labute approximate surface area is 193 Å². The molecular weight excluding hydrogens is 416 g/mol. The number of Topliss-reactive ketones (excluding diaryl/α,β-unsaturated/α-hetero) is 1. The monoisotopic (exact) mass is 446 g/mol. The molecule has 0 N–H and O–H groups in total.